The Hall–Kier alpha value is -2.09. The Morgan fingerprint density at radius 2 is 1.81 bits per heavy atom. The first kappa shape index (κ1) is 19.7. The number of sulfone groups is 1. The van der Waals surface area contributed by atoms with E-state index in [2.05, 4.69) is 15.9 Å². The number of amides is 1. The van der Waals surface area contributed by atoms with Gasteiger partial charge in [-0.1, -0.05) is 45.7 Å². The third-order valence-electron chi connectivity index (χ3n) is 3.88. The topological polar surface area (TPSA) is 67.6 Å². The maximum absolute atomic E-state index is 12.6. The normalized spacial score (nSPS) is 11.4. The van der Waals surface area contributed by atoms with Crippen molar-refractivity contribution < 1.29 is 17.6 Å². The van der Waals surface area contributed by atoms with E-state index in [1.807, 2.05) is 0 Å². The number of furan rings is 1. The van der Waals surface area contributed by atoms with E-state index in [-0.39, 0.29) is 22.2 Å². The average molecular weight is 469 g/mol. The van der Waals surface area contributed by atoms with E-state index in [0.29, 0.717) is 10.7 Å². The Labute approximate surface area is 170 Å². The molecule has 0 aliphatic heterocycles. The minimum Gasteiger partial charge on any atom is -0.455 e. The predicted octanol–water partition coefficient (Wildman–Crippen LogP) is 4.95. The first-order chi connectivity index (χ1) is 12.8. The van der Waals surface area contributed by atoms with E-state index < -0.39 is 15.7 Å². The van der Waals surface area contributed by atoms with Gasteiger partial charge in [0.15, 0.2) is 15.6 Å². The largest absolute Gasteiger partial charge is 0.455 e. The van der Waals surface area contributed by atoms with Crippen molar-refractivity contribution >= 4 is 49.0 Å². The van der Waals surface area contributed by atoms with Gasteiger partial charge >= 0.3 is 0 Å². The van der Waals surface area contributed by atoms with E-state index in [1.54, 1.807) is 43.4 Å². The van der Waals surface area contributed by atoms with Crippen LogP contribution in [0.3, 0.4) is 0 Å². The molecule has 0 saturated carbocycles. The van der Waals surface area contributed by atoms with Crippen LogP contribution in [0.2, 0.25) is 5.02 Å². The number of hydrogen-bond donors (Lipinski definition) is 0. The summed E-state index contributed by atoms with van der Waals surface area (Å²) in [6.45, 7) is 0. The molecule has 0 N–H and O–H groups in total. The van der Waals surface area contributed by atoms with E-state index >= 15 is 0 Å². The van der Waals surface area contributed by atoms with Gasteiger partial charge in [0.05, 0.1) is 15.6 Å². The second-order valence-corrected chi connectivity index (χ2v) is 9.11. The highest BCUT2D eigenvalue weighted by Crippen LogP contribution is 2.29. The zero-order chi connectivity index (χ0) is 19.6. The number of carbonyl (C=O) groups excluding carboxylic acids is 1. The molecule has 0 unspecified atom stereocenters. The smallest absolute Gasteiger partial charge is 0.293 e. The summed E-state index contributed by atoms with van der Waals surface area (Å²) in [7, 11) is -1.98. The third kappa shape index (κ3) is 4.43. The summed E-state index contributed by atoms with van der Waals surface area (Å²) in [5.74, 6) is -0.526. The summed E-state index contributed by atoms with van der Waals surface area (Å²) in [5, 5.41) is 0.402. The second kappa shape index (κ2) is 7.88. The van der Waals surface area contributed by atoms with Crippen LogP contribution >= 0.6 is 27.5 Å². The SMILES string of the molecule is CN(C(=O)c1ccc(CS(=O)(=O)c2ccccc2)o1)c1ccc(Br)cc1Cl. The summed E-state index contributed by atoms with van der Waals surface area (Å²) >= 11 is 9.50. The van der Waals surface area contributed by atoms with Gasteiger partial charge in [0.1, 0.15) is 11.5 Å². The van der Waals surface area contributed by atoms with Crippen molar-refractivity contribution in [3.63, 3.8) is 0 Å². The number of nitrogens with zero attached hydrogens (tertiary/aromatic N) is 1. The molecule has 5 nitrogen and oxygen atoms in total. The number of rotatable bonds is 5. The maximum Gasteiger partial charge on any atom is 0.293 e. The molecule has 0 aliphatic rings. The zero-order valence-corrected chi connectivity index (χ0v) is 17.4. The van der Waals surface area contributed by atoms with Crippen LogP contribution in [0.25, 0.3) is 0 Å². The van der Waals surface area contributed by atoms with Crippen LogP contribution < -0.4 is 4.90 Å². The molecule has 140 valence electrons. The van der Waals surface area contributed by atoms with Crippen LogP contribution in [0, 0.1) is 0 Å². The van der Waals surface area contributed by atoms with Crippen molar-refractivity contribution in [1.82, 2.24) is 0 Å². The molecule has 0 fully saturated rings. The lowest BCUT2D eigenvalue weighted by molar-refractivity contribution is 0.0965. The third-order valence-corrected chi connectivity index (χ3v) is 6.33. The number of hydrogen-bond acceptors (Lipinski definition) is 4. The lowest BCUT2D eigenvalue weighted by atomic mass is 10.3. The van der Waals surface area contributed by atoms with Crippen LogP contribution in [0.4, 0.5) is 5.69 Å². The Kier molecular flexibility index (Phi) is 5.74. The van der Waals surface area contributed by atoms with Gasteiger partial charge in [-0.15, -0.1) is 0 Å². The molecule has 27 heavy (non-hydrogen) atoms. The van der Waals surface area contributed by atoms with Crippen molar-refractivity contribution in [3.05, 3.63) is 81.7 Å². The quantitative estimate of drug-likeness (QED) is 0.531. The van der Waals surface area contributed by atoms with Crippen LogP contribution in [0.15, 0.2) is 74.4 Å². The molecule has 8 heteroatoms. The molecule has 1 aromatic heterocycles. The van der Waals surface area contributed by atoms with E-state index in [0.717, 1.165) is 4.47 Å². The molecule has 0 aliphatic carbocycles. The standard InChI is InChI=1S/C19H15BrClNO4S/c1-22(17-9-7-13(20)11-16(17)21)19(23)18-10-8-14(26-18)12-27(24,25)15-5-3-2-4-6-15/h2-11H,12H2,1H3. The predicted molar refractivity (Wildman–Crippen MR) is 108 cm³/mol. The highest BCUT2D eigenvalue weighted by Gasteiger charge is 2.22. The second-order valence-electron chi connectivity index (χ2n) is 5.80. The molecular weight excluding hydrogens is 454 g/mol. The summed E-state index contributed by atoms with van der Waals surface area (Å²) < 4.78 is 31.2. The average Bonchev–Trinajstić information content (AvgIpc) is 3.09. The lowest BCUT2D eigenvalue weighted by Gasteiger charge is -2.17. The van der Waals surface area contributed by atoms with Gasteiger partial charge < -0.3 is 9.32 Å². The molecule has 0 bridgehead atoms. The molecule has 1 heterocycles. The molecule has 2 aromatic carbocycles. The van der Waals surface area contributed by atoms with Crippen molar-refractivity contribution in [1.29, 1.82) is 0 Å². The number of anilines is 1. The van der Waals surface area contributed by atoms with Crippen molar-refractivity contribution in [2.45, 2.75) is 10.6 Å². The minimum atomic E-state index is -3.55. The first-order valence-corrected chi connectivity index (χ1v) is 10.7. The Morgan fingerprint density at radius 1 is 1.11 bits per heavy atom. The van der Waals surface area contributed by atoms with Gasteiger partial charge in [-0.25, -0.2) is 8.42 Å². The van der Waals surface area contributed by atoms with E-state index in [4.69, 9.17) is 16.0 Å². The molecular formula is C19H15BrClNO4S. The monoisotopic (exact) mass is 467 g/mol. The van der Waals surface area contributed by atoms with Crippen LogP contribution in [-0.4, -0.2) is 21.4 Å². The summed E-state index contributed by atoms with van der Waals surface area (Å²) in [4.78, 5) is 14.2. The zero-order valence-electron chi connectivity index (χ0n) is 14.2. The molecule has 0 radical (unpaired) electrons. The van der Waals surface area contributed by atoms with Crippen molar-refractivity contribution in [3.8, 4) is 0 Å². The van der Waals surface area contributed by atoms with Crippen molar-refractivity contribution in [2.24, 2.45) is 0 Å². The van der Waals surface area contributed by atoms with Crippen LogP contribution in [-0.2, 0) is 15.6 Å². The highest BCUT2D eigenvalue weighted by atomic mass is 79.9. The fraction of sp³-hybridized carbons (Fsp3) is 0.105. The van der Waals surface area contributed by atoms with Gasteiger partial charge in [-0.05, 0) is 42.5 Å². The van der Waals surface area contributed by atoms with Gasteiger partial charge in [0.2, 0.25) is 0 Å². The summed E-state index contributed by atoms with van der Waals surface area (Å²) in [5.41, 5.74) is 0.514. The van der Waals surface area contributed by atoms with Gasteiger partial charge in [-0.3, -0.25) is 4.79 Å². The molecule has 3 rings (SSSR count). The molecule has 1 amide bonds. The van der Waals surface area contributed by atoms with E-state index in [9.17, 15) is 13.2 Å². The number of carbonyl (C=O) groups is 1. The minimum absolute atomic E-state index is 0.0368. The summed E-state index contributed by atoms with van der Waals surface area (Å²) in [6.07, 6.45) is 0. The van der Waals surface area contributed by atoms with Gasteiger partial charge in [0.25, 0.3) is 5.91 Å². The summed E-state index contributed by atoms with van der Waals surface area (Å²) in [6, 6.07) is 16.2. The van der Waals surface area contributed by atoms with Crippen LogP contribution in [0.1, 0.15) is 16.3 Å². The molecule has 0 saturated heterocycles. The fourth-order valence-corrected chi connectivity index (χ4v) is 4.57. The van der Waals surface area contributed by atoms with Crippen LogP contribution in [0.5, 0.6) is 0 Å². The molecule has 0 spiro atoms. The fourth-order valence-electron chi connectivity index (χ4n) is 2.50. The van der Waals surface area contributed by atoms with Gasteiger partial charge in [0, 0.05) is 11.5 Å². The maximum atomic E-state index is 12.6. The van der Waals surface area contributed by atoms with Crippen molar-refractivity contribution in [2.75, 3.05) is 11.9 Å². The molecule has 3 aromatic rings. The Morgan fingerprint density at radius 3 is 2.48 bits per heavy atom. The molecule has 0 atom stereocenters. The Balaban J connectivity index is 1.80. The number of benzene rings is 2. The first-order valence-electron chi connectivity index (χ1n) is 7.87. The van der Waals surface area contributed by atoms with Gasteiger partial charge in [-0.2, -0.15) is 0 Å². The Bertz CT molecular complexity index is 1080. The van der Waals surface area contributed by atoms with E-state index in [1.165, 1.54) is 29.2 Å². The highest BCUT2D eigenvalue weighted by molar-refractivity contribution is 9.10. The lowest BCUT2D eigenvalue weighted by Crippen LogP contribution is -2.26. The number of halogens is 2.